The van der Waals surface area contributed by atoms with E-state index < -0.39 is 0 Å². The Balaban J connectivity index is 2.26. The normalized spacial score (nSPS) is 29.8. The van der Waals surface area contributed by atoms with E-state index in [1.165, 1.54) is 0 Å². The maximum absolute atomic E-state index is 6.05. The third-order valence-corrected chi connectivity index (χ3v) is 4.63. The number of nitrogens with zero attached hydrogens (tertiary/aromatic N) is 1. The Bertz CT molecular complexity index is 440. The lowest BCUT2D eigenvalue weighted by Crippen LogP contribution is -2.48. The molecule has 2 atom stereocenters. The standard InChI is InChI=1S/C15H22ClNO/c1-14(2,3)15(4)10-13(18-17(15)5)11-7-6-8-12(16)9-11/h6-9,13H,10H2,1-5H3/t13-,15-/m1/s1. The van der Waals surface area contributed by atoms with Crippen LogP contribution in [0.3, 0.4) is 0 Å². The average molecular weight is 268 g/mol. The number of rotatable bonds is 1. The van der Waals surface area contributed by atoms with Crippen molar-refractivity contribution in [3.63, 3.8) is 0 Å². The third-order valence-electron chi connectivity index (χ3n) is 4.40. The van der Waals surface area contributed by atoms with Crippen LogP contribution in [0.5, 0.6) is 0 Å². The summed E-state index contributed by atoms with van der Waals surface area (Å²) in [5.41, 5.74) is 1.34. The van der Waals surface area contributed by atoms with Crippen LogP contribution < -0.4 is 0 Å². The maximum Gasteiger partial charge on any atom is 0.106 e. The minimum absolute atomic E-state index is 0.0278. The molecule has 0 aromatic heterocycles. The predicted octanol–water partition coefficient (Wildman–Crippen LogP) is 4.45. The molecule has 2 rings (SSSR count). The molecule has 1 aliphatic rings. The fourth-order valence-corrected chi connectivity index (χ4v) is 2.70. The lowest BCUT2D eigenvalue weighted by Gasteiger charge is -2.42. The monoisotopic (exact) mass is 267 g/mol. The van der Waals surface area contributed by atoms with Gasteiger partial charge >= 0.3 is 0 Å². The van der Waals surface area contributed by atoms with E-state index in [1.54, 1.807) is 0 Å². The van der Waals surface area contributed by atoms with Crippen LogP contribution in [0.4, 0.5) is 0 Å². The molecule has 2 nitrogen and oxygen atoms in total. The first-order valence-corrected chi connectivity index (χ1v) is 6.78. The molecule has 1 saturated heterocycles. The van der Waals surface area contributed by atoms with Crippen molar-refractivity contribution in [1.29, 1.82) is 0 Å². The summed E-state index contributed by atoms with van der Waals surface area (Å²) in [6.45, 7) is 9.03. The fourth-order valence-electron chi connectivity index (χ4n) is 2.50. The molecule has 3 heteroatoms. The zero-order chi connectivity index (χ0) is 13.6. The SMILES string of the molecule is CN1O[C@@H](c2cccc(Cl)c2)C[C@]1(C)C(C)(C)C. The summed E-state index contributed by atoms with van der Waals surface area (Å²) in [4.78, 5) is 6.02. The van der Waals surface area contributed by atoms with Crippen LogP contribution in [0.15, 0.2) is 24.3 Å². The second-order valence-electron chi connectivity index (χ2n) is 6.37. The number of hydroxylamine groups is 2. The van der Waals surface area contributed by atoms with Gasteiger partial charge in [-0.05, 0) is 30.0 Å². The van der Waals surface area contributed by atoms with Crippen LogP contribution in [0.2, 0.25) is 5.02 Å². The van der Waals surface area contributed by atoms with E-state index in [1.807, 2.05) is 30.3 Å². The minimum atomic E-state index is 0.0278. The zero-order valence-corrected chi connectivity index (χ0v) is 12.6. The summed E-state index contributed by atoms with van der Waals surface area (Å²) >= 11 is 6.05. The average Bonchev–Trinajstić information content (AvgIpc) is 2.56. The van der Waals surface area contributed by atoms with Crippen molar-refractivity contribution in [2.24, 2.45) is 5.41 Å². The van der Waals surface area contributed by atoms with E-state index in [0.29, 0.717) is 0 Å². The van der Waals surface area contributed by atoms with Gasteiger partial charge in [-0.25, -0.2) is 0 Å². The van der Waals surface area contributed by atoms with Gasteiger partial charge in [-0.3, -0.25) is 4.84 Å². The van der Waals surface area contributed by atoms with Crippen LogP contribution in [-0.4, -0.2) is 17.6 Å². The summed E-state index contributed by atoms with van der Waals surface area (Å²) in [6.07, 6.45) is 1.07. The second kappa shape index (κ2) is 4.52. The van der Waals surface area contributed by atoms with Gasteiger partial charge in [-0.15, -0.1) is 0 Å². The van der Waals surface area contributed by atoms with Crippen molar-refractivity contribution in [3.05, 3.63) is 34.9 Å². The molecule has 1 heterocycles. The Kier molecular flexibility index (Phi) is 3.48. The minimum Gasteiger partial charge on any atom is -0.291 e. The molecule has 0 amide bonds. The van der Waals surface area contributed by atoms with Crippen molar-refractivity contribution in [2.45, 2.75) is 45.8 Å². The molecular formula is C15H22ClNO. The Morgan fingerprint density at radius 2 is 2.06 bits per heavy atom. The quantitative estimate of drug-likeness (QED) is 0.745. The second-order valence-corrected chi connectivity index (χ2v) is 6.81. The first kappa shape index (κ1) is 13.9. The molecule has 0 radical (unpaired) electrons. The highest BCUT2D eigenvalue weighted by molar-refractivity contribution is 6.30. The molecule has 18 heavy (non-hydrogen) atoms. The summed E-state index contributed by atoms with van der Waals surface area (Å²) in [6, 6.07) is 7.95. The Morgan fingerprint density at radius 3 is 2.56 bits per heavy atom. The third kappa shape index (κ3) is 2.29. The van der Waals surface area contributed by atoms with Crippen LogP contribution in [0.1, 0.15) is 45.8 Å². The van der Waals surface area contributed by atoms with Crippen molar-refractivity contribution in [1.82, 2.24) is 5.06 Å². The van der Waals surface area contributed by atoms with Gasteiger partial charge in [0, 0.05) is 18.5 Å². The first-order chi connectivity index (χ1) is 8.24. The van der Waals surface area contributed by atoms with E-state index in [2.05, 4.69) is 33.8 Å². The highest BCUT2D eigenvalue weighted by Crippen LogP contribution is 2.48. The molecule has 0 unspecified atom stereocenters. The molecule has 0 bridgehead atoms. The van der Waals surface area contributed by atoms with E-state index in [0.717, 1.165) is 17.0 Å². The molecule has 1 aromatic rings. The van der Waals surface area contributed by atoms with Gasteiger partial charge in [0.1, 0.15) is 6.10 Å². The molecule has 1 fully saturated rings. The Morgan fingerprint density at radius 1 is 1.39 bits per heavy atom. The predicted molar refractivity (Wildman–Crippen MR) is 75.5 cm³/mol. The highest BCUT2D eigenvalue weighted by Gasteiger charge is 2.49. The molecule has 0 aliphatic carbocycles. The number of hydrogen-bond acceptors (Lipinski definition) is 2. The van der Waals surface area contributed by atoms with E-state index >= 15 is 0 Å². The fraction of sp³-hybridized carbons (Fsp3) is 0.600. The van der Waals surface area contributed by atoms with Crippen molar-refractivity contribution in [3.8, 4) is 0 Å². The first-order valence-electron chi connectivity index (χ1n) is 6.40. The molecule has 1 aliphatic heterocycles. The Hall–Kier alpha value is -0.570. The molecular weight excluding hydrogens is 246 g/mol. The number of benzene rings is 1. The van der Waals surface area contributed by atoms with Crippen molar-refractivity contribution in [2.75, 3.05) is 7.05 Å². The number of hydrogen-bond donors (Lipinski definition) is 0. The van der Waals surface area contributed by atoms with Gasteiger partial charge in [0.2, 0.25) is 0 Å². The van der Waals surface area contributed by atoms with E-state index in [4.69, 9.17) is 16.4 Å². The molecule has 0 spiro atoms. The van der Waals surface area contributed by atoms with Gasteiger partial charge in [0.15, 0.2) is 0 Å². The van der Waals surface area contributed by atoms with Crippen LogP contribution >= 0.6 is 11.6 Å². The lowest BCUT2D eigenvalue weighted by atomic mass is 9.72. The highest BCUT2D eigenvalue weighted by atomic mass is 35.5. The van der Waals surface area contributed by atoms with Gasteiger partial charge in [0.25, 0.3) is 0 Å². The van der Waals surface area contributed by atoms with Crippen LogP contribution in [-0.2, 0) is 4.84 Å². The molecule has 0 saturated carbocycles. The Labute approximate surface area is 115 Å². The van der Waals surface area contributed by atoms with Gasteiger partial charge in [-0.2, -0.15) is 5.06 Å². The largest absolute Gasteiger partial charge is 0.291 e. The van der Waals surface area contributed by atoms with Crippen LogP contribution in [0, 0.1) is 5.41 Å². The summed E-state index contributed by atoms with van der Waals surface area (Å²) in [5, 5.41) is 2.78. The lowest BCUT2D eigenvalue weighted by molar-refractivity contribution is -0.187. The van der Waals surface area contributed by atoms with Gasteiger partial charge in [-0.1, -0.05) is 44.5 Å². The van der Waals surface area contributed by atoms with Gasteiger partial charge in [0.05, 0.1) is 5.54 Å². The summed E-state index contributed by atoms with van der Waals surface area (Å²) in [5.74, 6) is 0. The van der Waals surface area contributed by atoms with Crippen molar-refractivity contribution < 1.29 is 4.84 Å². The summed E-state index contributed by atoms with van der Waals surface area (Å²) < 4.78 is 0. The molecule has 1 aromatic carbocycles. The summed E-state index contributed by atoms with van der Waals surface area (Å²) in [7, 11) is 2.02. The van der Waals surface area contributed by atoms with Crippen LogP contribution in [0.25, 0.3) is 0 Å². The smallest absolute Gasteiger partial charge is 0.106 e. The van der Waals surface area contributed by atoms with E-state index in [9.17, 15) is 0 Å². The maximum atomic E-state index is 6.05. The molecule has 0 N–H and O–H groups in total. The van der Waals surface area contributed by atoms with E-state index in [-0.39, 0.29) is 17.1 Å². The van der Waals surface area contributed by atoms with Gasteiger partial charge < -0.3 is 0 Å². The molecule has 100 valence electrons. The zero-order valence-electron chi connectivity index (χ0n) is 11.8. The topological polar surface area (TPSA) is 12.5 Å². The number of halogens is 1. The van der Waals surface area contributed by atoms with Crippen molar-refractivity contribution >= 4 is 11.6 Å².